The molecule has 86 valence electrons. The molecule has 1 aliphatic carbocycles. The lowest BCUT2D eigenvalue weighted by molar-refractivity contribution is -0.134. The second-order valence-electron chi connectivity index (χ2n) is 6.26. The van der Waals surface area contributed by atoms with E-state index >= 15 is 0 Å². The van der Waals surface area contributed by atoms with Crippen molar-refractivity contribution < 1.29 is 4.79 Å². The molecule has 2 rings (SSSR count). The summed E-state index contributed by atoms with van der Waals surface area (Å²) in [6, 6.07) is 0. The van der Waals surface area contributed by atoms with Gasteiger partial charge in [-0.05, 0) is 30.1 Å². The first-order valence-electron chi connectivity index (χ1n) is 6.18. The van der Waals surface area contributed by atoms with Crippen LogP contribution in [0.3, 0.4) is 0 Å². The van der Waals surface area contributed by atoms with Gasteiger partial charge >= 0.3 is 0 Å². The Kier molecular flexibility index (Phi) is 2.36. The number of hydrogen-bond donors (Lipinski definition) is 0. The van der Waals surface area contributed by atoms with Crippen LogP contribution < -0.4 is 0 Å². The van der Waals surface area contributed by atoms with Crippen LogP contribution in [0.4, 0.5) is 0 Å². The lowest BCUT2D eigenvalue weighted by atomic mass is 10.0. The molecule has 1 heterocycles. The standard InChI is InChI=1S/C13H23NO/c1-12(2)10(13(12,3)4)11(15)14-8-6-5-7-9-14/h10H,5-9H2,1-4H3. The first-order chi connectivity index (χ1) is 6.89. The number of rotatable bonds is 1. The molecule has 0 aromatic carbocycles. The van der Waals surface area contributed by atoms with Gasteiger partial charge in [-0.2, -0.15) is 0 Å². The van der Waals surface area contributed by atoms with Crippen LogP contribution in [0.25, 0.3) is 0 Å². The molecular weight excluding hydrogens is 186 g/mol. The van der Waals surface area contributed by atoms with E-state index in [9.17, 15) is 4.79 Å². The van der Waals surface area contributed by atoms with Crippen molar-refractivity contribution in [2.24, 2.45) is 16.7 Å². The Morgan fingerprint density at radius 2 is 1.47 bits per heavy atom. The SMILES string of the molecule is CC1(C)C(C(=O)N2CCCCC2)C1(C)C. The third kappa shape index (κ3) is 1.49. The number of carbonyl (C=O) groups excluding carboxylic acids is 1. The van der Waals surface area contributed by atoms with Crippen LogP contribution in [0, 0.1) is 16.7 Å². The summed E-state index contributed by atoms with van der Waals surface area (Å²) in [6.07, 6.45) is 3.68. The topological polar surface area (TPSA) is 20.3 Å². The van der Waals surface area contributed by atoms with Gasteiger partial charge in [0.15, 0.2) is 0 Å². The van der Waals surface area contributed by atoms with Gasteiger partial charge in [0, 0.05) is 19.0 Å². The van der Waals surface area contributed by atoms with Crippen molar-refractivity contribution in [2.75, 3.05) is 13.1 Å². The first-order valence-corrected chi connectivity index (χ1v) is 6.18. The summed E-state index contributed by atoms with van der Waals surface area (Å²) in [5, 5.41) is 0. The van der Waals surface area contributed by atoms with Gasteiger partial charge in [0.25, 0.3) is 0 Å². The van der Waals surface area contributed by atoms with E-state index < -0.39 is 0 Å². The molecule has 2 aliphatic rings. The Labute approximate surface area is 93.0 Å². The van der Waals surface area contributed by atoms with Crippen LogP contribution >= 0.6 is 0 Å². The molecule has 0 radical (unpaired) electrons. The van der Waals surface area contributed by atoms with Crippen LogP contribution in [0.1, 0.15) is 47.0 Å². The highest BCUT2D eigenvalue weighted by Gasteiger charge is 2.68. The van der Waals surface area contributed by atoms with E-state index in [-0.39, 0.29) is 16.7 Å². The predicted molar refractivity (Wildman–Crippen MR) is 61.5 cm³/mol. The summed E-state index contributed by atoms with van der Waals surface area (Å²) in [6.45, 7) is 10.9. The van der Waals surface area contributed by atoms with Gasteiger partial charge in [-0.1, -0.05) is 27.7 Å². The minimum atomic E-state index is 0.196. The minimum Gasteiger partial charge on any atom is -0.342 e. The van der Waals surface area contributed by atoms with Crippen molar-refractivity contribution >= 4 is 5.91 Å². The molecule has 0 aromatic rings. The fourth-order valence-electron chi connectivity index (χ4n) is 3.11. The summed E-state index contributed by atoms with van der Waals surface area (Å²) in [7, 11) is 0. The van der Waals surface area contributed by atoms with E-state index in [1.54, 1.807) is 0 Å². The highest BCUT2D eigenvalue weighted by atomic mass is 16.2. The number of piperidine rings is 1. The van der Waals surface area contributed by atoms with Crippen molar-refractivity contribution in [3.8, 4) is 0 Å². The van der Waals surface area contributed by atoms with E-state index in [2.05, 4.69) is 32.6 Å². The highest BCUT2D eigenvalue weighted by molar-refractivity contribution is 5.84. The molecule has 2 nitrogen and oxygen atoms in total. The van der Waals surface area contributed by atoms with Gasteiger partial charge < -0.3 is 4.90 Å². The quantitative estimate of drug-likeness (QED) is 0.650. The largest absolute Gasteiger partial charge is 0.342 e. The molecule has 15 heavy (non-hydrogen) atoms. The monoisotopic (exact) mass is 209 g/mol. The van der Waals surface area contributed by atoms with Gasteiger partial charge in [0.2, 0.25) is 5.91 Å². The third-order valence-corrected chi connectivity index (χ3v) is 4.94. The molecule has 0 unspecified atom stereocenters. The third-order valence-electron chi connectivity index (χ3n) is 4.94. The number of amides is 1. The van der Waals surface area contributed by atoms with Crippen molar-refractivity contribution in [2.45, 2.75) is 47.0 Å². The second kappa shape index (κ2) is 3.23. The average Bonchev–Trinajstić information content (AvgIpc) is 2.58. The number of hydrogen-bond acceptors (Lipinski definition) is 1. The van der Waals surface area contributed by atoms with Crippen molar-refractivity contribution in [1.82, 2.24) is 4.90 Å². The molecule has 2 fully saturated rings. The molecule has 0 spiro atoms. The normalized spacial score (nSPS) is 28.9. The average molecular weight is 209 g/mol. The van der Waals surface area contributed by atoms with Crippen LogP contribution in [0.2, 0.25) is 0 Å². The summed E-state index contributed by atoms with van der Waals surface area (Å²) >= 11 is 0. The maximum absolute atomic E-state index is 12.3. The first kappa shape index (κ1) is 11.0. The summed E-state index contributed by atoms with van der Waals surface area (Å²) in [5.74, 6) is 0.660. The van der Waals surface area contributed by atoms with Gasteiger partial charge in [-0.3, -0.25) is 4.79 Å². The second-order valence-corrected chi connectivity index (χ2v) is 6.26. The zero-order valence-electron chi connectivity index (χ0n) is 10.5. The molecular formula is C13H23NO. The Morgan fingerprint density at radius 3 is 1.87 bits per heavy atom. The van der Waals surface area contributed by atoms with Gasteiger partial charge in [0.1, 0.15) is 0 Å². The Morgan fingerprint density at radius 1 is 1.00 bits per heavy atom. The summed E-state index contributed by atoms with van der Waals surface area (Å²) in [5.41, 5.74) is 0.392. The molecule has 1 saturated heterocycles. The highest BCUT2D eigenvalue weighted by Crippen LogP contribution is 2.68. The molecule has 2 heteroatoms. The van der Waals surface area contributed by atoms with E-state index in [1.165, 1.54) is 19.3 Å². The number of nitrogens with zero attached hydrogens (tertiary/aromatic N) is 1. The smallest absolute Gasteiger partial charge is 0.226 e. The number of likely N-dealkylation sites (tertiary alicyclic amines) is 1. The van der Waals surface area contributed by atoms with Crippen LogP contribution in [-0.4, -0.2) is 23.9 Å². The fraction of sp³-hybridized carbons (Fsp3) is 0.923. The molecule has 1 saturated carbocycles. The van der Waals surface area contributed by atoms with E-state index in [0.29, 0.717) is 5.91 Å². The fourth-order valence-corrected chi connectivity index (χ4v) is 3.11. The molecule has 1 amide bonds. The van der Waals surface area contributed by atoms with E-state index in [4.69, 9.17) is 0 Å². The molecule has 1 aliphatic heterocycles. The van der Waals surface area contributed by atoms with Crippen LogP contribution in [-0.2, 0) is 4.79 Å². The maximum atomic E-state index is 12.3. The lowest BCUT2D eigenvalue weighted by Gasteiger charge is -2.27. The molecule has 0 aromatic heterocycles. The summed E-state index contributed by atoms with van der Waals surface area (Å²) in [4.78, 5) is 14.4. The maximum Gasteiger partial charge on any atom is 0.226 e. The summed E-state index contributed by atoms with van der Waals surface area (Å²) < 4.78 is 0. The van der Waals surface area contributed by atoms with Gasteiger partial charge in [0.05, 0.1) is 0 Å². The van der Waals surface area contributed by atoms with Gasteiger partial charge in [-0.15, -0.1) is 0 Å². The van der Waals surface area contributed by atoms with Crippen molar-refractivity contribution in [1.29, 1.82) is 0 Å². The molecule has 0 atom stereocenters. The van der Waals surface area contributed by atoms with Crippen molar-refractivity contribution in [3.63, 3.8) is 0 Å². The predicted octanol–water partition coefficient (Wildman–Crippen LogP) is 2.68. The Hall–Kier alpha value is -0.530. The lowest BCUT2D eigenvalue weighted by Crippen LogP contribution is -2.37. The van der Waals surface area contributed by atoms with Gasteiger partial charge in [-0.25, -0.2) is 0 Å². The zero-order chi connectivity index (χ0) is 11.3. The Balaban J connectivity index is 2.04. The van der Waals surface area contributed by atoms with Crippen LogP contribution in [0.15, 0.2) is 0 Å². The van der Waals surface area contributed by atoms with E-state index in [0.717, 1.165) is 13.1 Å². The molecule has 0 N–H and O–H groups in total. The van der Waals surface area contributed by atoms with Crippen LogP contribution in [0.5, 0.6) is 0 Å². The minimum absolute atomic E-state index is 0.196. The zero-order valence-corrected chi connectivity index (χ0v) is 10.5. The van der Waals surface area contributed by atoms with Crippen molar-refractivity contribution in [3.05, 3.63) is 0 Å². The Bertz CT molecular complexity index is 260. The number of carbonyl (C=O) groups is 1. The van der Waals surface area contributed by atoms with E-state index in [1.807, 2.05) is 0 Å². The molecule has 0 bridgehead atoms.